The lowest BCUT2D eigenvalue weighted by Gasteiger charge is -2.21. The maximum Gasteiger partial charge on any atom is 0.229 e. The second kappa shape index (κ2) is 6.80. The van der Waals surface area contributed by atoms with E-state index in [0.717, 1.165) is 12.1 Å². The smallest absolute Gasteiger partial charge is 0.229 e. The predicted octanol–water partition coefficient (Wildman–Crippen LogP) is 3.47. The summed E-state index contributed by atoms with van der Waals surface area (Å²) in [5.41, 5.74) is -1.19. The summed E-state index contributed by atoms with van der Waals surface area (Å²) in [6, 6.07) is 8.90. The van der Waals surface area contributed by atoms with Crippen molar-refractivity contribution in [2.24, 2.45) is 4.99 Å². The first kappa shape index (κ1) is 17.9. The Morgan fingerprint density at radius 2 is 1.92 bits per heavy atom. The average molecular weight is 363 g/mol. The topological polar surface area (TPSA) is 53.9 Å². The number of nitrogens with zero attached hydrogens (tertiary/aromatic N) is 2. The van der Waals surface area contributed by atoms with Crippen LogP contribution in [0.4, 0.5) is 18.9 Å². The largest absolute Gasteiger partial charge is 0.323 e. The number of nitrogens with one attached hydrogen (secondary N) is 1. The maximum absolute atomic E-state index is 14.0. The number of carbonyl (C=O) groups excluding carboxylic acids is 1. The molecule has 136 valence electrons. The van der Waals surface area contributed by atoms with Gasteiger partial charge in [-0.25, -0.2) is 28.1 Å². The van der Waals surface area contributed by atoms with Crippen LogP contribution in [0.25, 0.3) is 0 Å². The lowest BCUT2D eigenvalue weighted by molar-refractivity contribution is -0.164. The van der Waals surface area contributed by atoms with Crippen LogP contribution in [0.1, 0.15) is 18.9 Å². The number of halogens is 3. The minimum absolute atomic E-state index is 0.148. The van der Waals surface area contributed by atoms with Crippen LogP contribution in [0.15, 0.2) is 47.5 Å². The van der Waals surface area contributed by atoms with Crippen LogP contribution < -0.4 is 5.32 Å². The van der Waals surface area contributed by atoms with Gasteiger partial charge >= 0.3 is 0 Å². The number of benzene rings is 2. The second-order valence-corrected chi connectivity index (χ2v) is 6.03. The second-order valence-electron chi connectivity index (χ2n) is 6.03. The SMILES string of the molecule is CN1OC(C)(CC(=O)Nc2ccc(F)cc2F)N=C1c1ccccc1F. The molecule has 0 spiro atoms. The fourth-order valence-electron chi connectivity index (χ4n) is 2.68. The van der Waals surface area contributed by atoms with E-state index in [9.17, 15) is 18.0 Å². The Kier molecular flexibility index (Phi) is 4.69. The van der Waals surface area contributed by atoms with Gasteiger partial charge in [0.25, 0.3) is 0 Å². The van der Waals surface area contributed by atoms with Crippen LogP contribution >= 0.6 is 0 Å². The van der Waals surface area contributed by atoms with E-state index in [4.69, 9.17) is 4.84 Å². The number of hydrogen-bond donors (Lipinski definition) is 1. The molecule has 26 heavy (non-hydrogen) atoms. The number of amides is 1. The van der Waals surface area contributed by atoms with Gasteiger partial charge in [0.2, 0.25) is 5.91 Å². The standard InChI is InChI=1S/C18H16F3N3O2/c1-18(10-16(25)22-15-8-7-11(19)9-14(15)21)23-17(24(2)26-18)12-5-3-4-6-13(12)20/h3-9H,10H2,1-2H3,(H,22,25). The van der Waals surface area contributed by atoms with Crippen LogP contribution in [-0.2, 0) is 9.63 Å². The van der Waals surface area contributed by atoms with Crippen LogP contribution in [0.2, 0.25) is 0 Å². The molecule has 1 atom stereocenters. The van der Waals surface area contributed by atoms with Gasteiger partial charge in [0.05, 0.1) is 17.7 Å². The molecule has 0 radical (unpaired) electrons. The van der Waals surface area contributed by atoms with Gasteiger partial charge in [-0.05, 0) is 31.2 Å². The van der Waals surface area contributed by atoms with Crippen molar-refractivity contribution in [3.05, 3.63) is 65.5 Å². The van der Waals surface area contributed by atoms with Crippen LogP contribution in [0.5, 0.6) is 0 Å². The molecule has 3 rings (SSSR count). The summed E-state index contributed by atoms with van der Waals surface area (Å²) in [5, 5.41) is 3.63. The van der Waals surface area contributed by atoms with Gasteiger partial charge in [-0.1, -0.05) is 12.1 Å². The molecular weight excluding hydrogens is 347 g/mol. The Labute approximate surface area is 148 Å². The summed E-state index contributed by atoms with van der Waals surface area (Å²) in [6.07, 6.45) is -0.244. The fourth-order valence-corrected chi connectivity index (χ4v) is 2.68. The van der Waals surface area contributed by atoms with Gasteiger partial charge < -0.3 is 5.32 Å². The zero-order chi connectivity index (χ0) is 18.9. The molecule has 1 heterocycles. The molecule has 0 aromatic heterocycles. The first-order valence-corrected chi connectivity index (χ1v) is 7.80. The molecule has 1 aliphatic rings. The summed E-state index contributed by atoms with van der Waals surface area (Å²) in [5.74, 6) is -2.43. The molecule has 8 heteroatoms. The zero-order valence-corrected chi connectivity index (χ0v) is 14.1. The maximum atomic E-state index is 14.0. The van der Waals surface area contributed by atoms with Gasteiger partial charge in [-0.15, -0.1) is 0 Å². The predicted molar refractivity (Wildman–Crippen MR) is 89.8 cm³/mol. The lowest BCUT2D eigenvalue weighted by atomic mass is 10.1. The third kappa shape index (κ3) is 3.70. The van der Waals surface area contributed by atoms with Crippen molar-refractivity contribution < 1.29 is 22.8 Å². The highest BCUT2D eigenvalue weighted by atomic mass is 19.1. The summed E-state index contributed by atoms with van der Waals surface area (Å²) in [6.45, 7) is 1.55. The van der Waals surface area contributed by atoms with Crippen LogP contribution in [-0.4, -0.2) is 29.6 Å². The molecule has 2 aromatic rings. The van der Waals surface area contributed by atoms with Gasteiger partial charge in [0.1, 0.15) is 17.5 Å². The molecule has 0 bridgehead atoms. The minimum atomic E-state index is -1.28. The van der Waals surface area contributed by atoms with Gasteiger partial charge in [-0.2, -0.15) is 0 Å². The molecule has 0 saturated heterocycles. The van der Waals surface area contributed by atoms with Crippen molar-refractivity contribution in [1.82, 2.24) is 5.06 Å². The molecule has 1 amide bonds. The van der Waals surface area contributed by atoms with Crippen molar-refractivity contribution in [1.29, 1.82) is 0 Å². The van der Waals surface area contributed by atoms with Gasteiger partial charge in [0.15, 0.2) is 11.6 Å². The molecule has 0 saturated carbocycles. The molecule has 0 fully saturated rings. The third-order valence-corrected chi connectivity index (χ3v) is 3.78. The van der Waals surface area contributed by atoms with E-state index in [-0.39, 0.29) is 23.5 Å². The molecule has 1 aliphatic heterocycles. The number of carbonyl (C=O) groups is 1. The van der Waals surface area contributed by atoms with Crippen LogP contribution in [0.3, 0.4) is 0 Å². The molecule has 1 unspecified atom stereocenters. The van der Waals surface area contributed by atoms with E-state index in [0.29, 0.717) is 6.07 Å². The number of aliphatic imine (C=N–C) groups is 1. The van der Waals surface area contributed by atoms with Crippen molar-refractivity contribution in [3.8, 4) is 0 Å². The van der Waals surface area contributed by atoms with E-state index in [2.05, 4.69) is 10.3 Å². The molecule has 1 N–H and O–H groups in total. The van der Waals surface area contributed by atoms with E-state index in [1.54, 1.807) is 32.2 Å². The summed E-state index contributed by atoms with van der Waals surface area (Å²) in [7, 11) is 1.55. The van der Waals surface area contributed by atoms with Crippen molar-refractivity contribution in [2.45, 2.75) is 19.1 Å². The first-order chi connectivity index (χ1) is 12.3. The third-order valence-electron chi connectivity index (χ3n) is 3.78. The number of hydroxylamine groups is 2. The van der Waals surface area contributed by atoms with E-state index >= 15 is 0 Å². The van der Waals surface area contributed by atoms with E-state index in [1.807, 2.05) is 0 Å². The summed E-state index contributed by atoms with van der Waals surface area (Å²) in [4.78, 5) is 22.1. The Bertz CT molecular complexity index is 888. The highest BCUT2D eigenvalue weighted by Crippen LogP contribution is 2.29. The Balaban J connectivity index is 1.76. The van der Waals surface area contributed by atoms with E-state index in [1.165, 1.54) is 11.1 Å². The van der Waals surface area contributed by atoms with E-state index < -0.39 is 29.1 Å². The summed E-state index contributed by atoms with van der Waals surface area (Å²) >= 11 is 0. The Hall–Kier alpha value is -2.87. The number of hydrogen-bond acceptors (Lipinski definition) is 4. The van der Waals surface area contributed by atoms with Gasteiger partial charge in [-0.3, -0.25) is 4.79 Å². The molecule has 2 aromatic carbocycles. The number of anilines is 1. The van der Waals surface area contributed by atoms with Crippen molar-refractivity contribution in [3.63, 3.8) is 0 Å². The quantitative estimate of drug-likeness (QED) is 0.905. The van der Waals surface area contributed by atoms with Crippen LogP contribution in [0, 0.1) is 17.5 Å². The Morgan fingerprint density at radius 3 is 2.62 bits per heavy atom. The average Bonchev–Trinajstić information content (AvgIpc) is 2.85. The van der Waals surface area contributed by atoms with Gasteiger partial charge in [0, 0.05) is 13.1 Å². The fraction of sp³-hybridized carbons (Fsp3) is 0.222. The molecular formula is C18H16F3N3O2. The molecule has 5 nitrogen and oxygen atoms in total. The number of rotatable bonds is 4. The van der Waals surface area contributed by atoms with Crippen molar-refractivity contribution in [2.75, 3.05) is 12.4 Å². The Morgan fingerprint density at radius 1 is 1.19 bits per heavy atom. The number of amidine groups is 1. The van der Waals surface area contributed by atoms with Crippen molar-refractivity contribution >= 4 is 17.4 Å². The highest BCUT2D eigenvalue weighted by Gasteiger charge is 2.38. The zero-order valence-electron chi connectivity index (χ0n) is 14.1. The monoisotopic (exact) mass is 363 g/mol. The normalized spacial score (nSPS) is 19.4. The minimum Gasteiger partial charge on any atom is -0.323 e. The lowest BCUT2D eigenvalue weighted by Crippen LogP contribution is -2.33. The highest BCUT2D eigenvalue weighted by molar-refractivity contribution is 6.00. The molecule has 0 aliphatic carbocycles. The summed E-state index contributed by atoms with van der Waals surface area (Å²) < 4.78 is 40.6. The first-order valence-electron chi connectivity index (χ1n) is 7.80.